The van der Waals surface area contributed by atoms with E-state index in [2.05, 4.69) is 19.9 Å². The van der Waals surface area contributed by atoms with Crippen molar-refractivity contribution in [3.8, 4) is 0 Å². The standard InChI is InChI=1S/C11H9ClN4OS/c12-7-5-9(16-10(14-7)6-1-2-6)18-11-13-4-3-8(17)15-11/h3-6H,1-2H2,(H,13,15,17). The molecule has 3 rings (SSSR count). The molecule has 7 heteroatoms. The molecule has 18 heavy (non-hydrogen) atoms. The lowest BCUT2D eigenvalue weighted by Crippen LogP contribution is -2.05. The van der Waals surface area contributed by atoms with E-state index in [9.17, 15) is 4.79 Å². The number of halogens is 1. The Kier molecular flexibility index (Phi) is 3.05. The van der Waals surface area contributed by atoms with Gasteiger partial charge in [0, 0.05) is 24.2 Å². The Bertz CT molecular complexity index is 641. The highest BCUT2D eigenvalue weighted by molar-refractivity contribution is 7.99. The summed E-state index contributed by atoms with van der Waals surface area (Å²) in [5, 5.41) is 1.62. The van der Waals surface area contributed by atoms with Crippen molar-refractivity contribution in [1.82, 2.24) is 19.9 Å². The van der Waals surface area contributed by atoms with Gasteiger partial charge in [0.1, 0.15) is 16.0 Å². The quantitative estimate of drug-likeness (QED) is 0.690. The van der Waals surface area contributed by atoms with Crippen molar-refractivity contribution in [3.05, 3.63) is 39.7 Å². The maximum Gasteiger partial charge on any atom is 0.251 e. The van der Waals surface area contributed by atoms with Crippen molar-refractivity contribution in [3.63, 3.8) is 0 Å². The largest absolute Gasteiger partial charge is 0.301 e. The predicted molar refractivity (Wildman–Crippen MR) is 68.0 cm³/mol. The first-order valence-corrected chi connectivity index (χ1v) is 6.68. The molecule has 0 radical (unpaired) electrons. The second kappa shape index (κ2) is 4.70. The van der Waals surface area contributed by atoms with Crippen molar-refractivity contribution in [2.24, 2.45) is 0 Å². The van der Waals surface area contributed by atoms with Crippen LogP contribution >= 0.6 is 23.4 Å². The van der Waals surface area contributed by atoms with Crippen LogP contribution in [-0.2, 0) is 0 Å². The molecule has 0 amide bonds. The fourth-order valence-corrected chi connectivity index (χ4v) is 2.52. The van der Waals surface area contributed by atoms with Crippen molar-refractivity contribution in [2.45, 2.75) is 28.9 Å². The fourth-order valence-electron chi connectivity index (χ4n) is 1.49. The number of aromatic nitrogens is 4. The molecule has 92 valence electrons. The molecule has 0 aromatic carbocycles. The zero-order chi connectivity index (χ0) is 12.5. The van der Waals surface area contributed by atoms with Crippen LogP contribution in [0.2, 0.25) is 5.15 Å². The van der Waals surface area contributed by atoms with Crippen molar-refractivity contribution < 1.29 is 0 Å². The molecule has 0 bridgehead atoms. The average Bonchev–Trinajstić information content (AvgIpc) is 3.11. The van der Waals surface area contributed by atoms with Crippen LogP contribution < -0.4 is 5.56 Å². The summed E-state index contributed by atoms with van der Waals surface area (Å²) in [7, 11) is 0. The molecular formula is C11H9ClN4OS. The highest BCUT2D eigenvalue weighted by Crippen LogP contribution is 2.39. The van der Waals surface area contributed by atoms with Crippen LogP contribution in [0.3, 0.4) is 0 Å². The fraction of sp³-hybridized carbons (Fsp3) is 0.273. The number of H-pyrrole nitrogens is 1. The van der Waals surface area contributed by atoms with Crippen LogP contribution in [0.1, 0.15) is 24.6 Å². The van der Waals surface area contributed by atoms with Gasteiger partial charge in [-0.25, -0.2) is 15.0 Å². The Morgan fingerprint density at radius 3 is 2.94 bits per heavy atom. The Hall–Kier alpha value is -1.40. The van der Waals surface area contributed by atoms with Gasteiger partial charge in [0.15, 0.2) is 5.16 Å². The first-order chi connectivity index (χ1) is 8.70. The van der Waals surface area contributed by atoms with E-state index in [0.29, 0.717) is 21.3 Å². The Labute approximate surface area is 112 Å². The zero-order valence-electron chi connectivity index (χ0n) is 9.26. The normalized spacial score (nSPS) is 14.7. The van der Waals surface area contributed by atoms with Crippen molar-refractivity contribution in [1.29, 1.82) is 0 Å². The summed E-state index contributed by atoms with van der Waals surface area (Å²) in [6.45, 7) is 0. The van der Waals surface area contributed by atoms with E-state index in [-0.39, 0.29) is 5.56 Å². The van der Waals surface area contributed by atoms with Crippen molar-refractivity contribution >= 4 is 23.4 Å². The van der Waals surface area contributed by atoms with Crippen LogP contribution in [0.15, 0.2) is 33.3 Å². The molecule has 0 atom stereocenters. The molecule has 5 nitrogen and oxygen atoms in total. The molecule has 1 N–H and O–H groups in total. The lowest BCUT2D eigenvalue weighted by molar-refractivity contribution is 0.870. The minimum atomic E-state index is -0.185. The van der Waals surface area contributed by atoms with Crippen LogP contribution in [0, 0.1) is 0 Å². The lowest BCUT2D eigenvalue weighted by Gasteiger charge is -2.03. The van der Waals surface area contributed by atoms with E-state index >= 15 is 0 Å². The molecule has 2 heterocycles. The number of hydrogen-bond acceptors (Lipinski definition) is 5. The Morgan fingerprint density at radius 1 is 1.39 bits per heavy atom. The summed E-state index contributed by atoms with van der Waals surface area (Å²) in [6.07, 6.45) is 3.70. The van der Waals surface area contributed by atoms with E-state index in [1.54, 1.807) is 6.07 Å². The topological polar surface area (TPSA) is 71.5 Å². The van der Waals surface area contributed by atoms with E-state index in [4.69, 9.17) is 11.6 Å². The minimum Gasteiger partial charge on any atom is -0.301 e. The van der Waals surface area contributed by atoms with E-state index in [0.717, 1.165) is 18.7 Å². The second-order valence-corrected chi connectivity index (χ2v) is 5.40. The Balaban J connectivity index is 1.90. The van der Waals surface area contributed by atoms with E-state index in [1.807, 2.05) is 0 Å². The molecular weight excluding hydrogens is 272 g/mol. The third-order valence-electron chi connectivity index (χ3n) is 2.48. The number of hydrogen-bond donors (Lipinski definition) is 1. The van der Waals surface area contributed by atoms with Crippen LogP contribution in [0.4, 0.5) is 0 Å². The van der Waals surface area contributed by atoms with Gasteiger partial charge in [0.05, 0.1) is 0 Å². The number of nitrogens with one attached hydrogen (secondary N) is 1. The zero-order valence-corrected chi connectivity index (χ0v) is 10.8. The number of aromatic amines is 1. The molecule has 0 spiro atoms. The summed E-state index contributed by atoms with van der Waals surface area (Å²) in [6, 6.07) is 3.04. The third kappa shape index (κ3) is 2.70. The van der Waals surface area contributed by atoms with Gasteiger partial charge in [-0.1, -0.05) is 11.6 Å². The van der Waals surface area contributed by atoms with Crippen molar-refractivity contribution in [2.75, 3.05) is 0 Å². The highest BCUT2D eigenvalue weighted by Gasteiger charge is 2.27. The maximum absolute atomic E-state index is 11.2. The highest BCUT2D eigenvalue weighted by atomic mass is 35.5. The lowest BCUT2D eigenvalue weighted by atomic mass is 10.4. The van der Waals surface area contributed by atoms with Crippen LogP contribution in [0.5, 0.6) is 0 Å². The maximum atomic E-state index is 11.2. The molecule has 1 fully saturated rings. The van der Waals surface area contributed by atoms with E-state index in [1.165, 1.54) is 24.0 Å². The molecule has 0 unspecified atom stereocenters. The number of rotatable bonds is 3. The minimum absolute atomic E-state index is 0.185. The smallest absolute Gasteiger partial charge is 0.251 e. The van der Waals surface area contributed by atoms with Gasteiger partial charge in [-0.3, -0.25) is 4.79 Å². The summed E-state index contributed by atoms with van der Waals surface area (Å²) in [5.41, 5.74) is -0.185. The van der Waals surface area contributed by atoms with Gasteiger partial charge in [-0.05, 0) is 24.6 Å². The van der Waals surface area contributed by atoms with Crippen LogP contribution in [0.25, 0.3) is 0 Å². The van der Waals surface area contributed by atoms with Gasteiger partial charge in [-0.15, -0.1) is 0 Å². The SMILES string of the molecule is O=c1ccnc(Sc2cc(Cl)nc(C3CC3)n2)[nH]1. The third-order valence-corrected chi connectivity index (χ3v) is 3.49. The predicted octanol–water partition coefficient (Wildman–Crippen LogP) is 2.24. The summed E-state index contributed by atoms with van der Waals surface area (Å²) >= 11 is 7.24. The molecule has 1 saturated carbocycles. The van der Waals surface area contributed by atoms with Gasteiger partial charge >= 0.3 is 0 Å². The second-order valence-electron chi connectivity index (χ2n) is 4.00. The van der Waals surface area contributed by atoms with Gasteiger partial charge < -0.3 is 4.98 Å². The van der Waals surface area contributed by atoms with Crippen LogP contribution in [-0.4, -0.2) is 19.9 Å². The molecule has 1 aliphatic carbocycles. The average molecular weight is 281 g/mol. The Morgan fingerprint density at radius 2 is 2.22 bits per heavy atom. The first-order valence-electron chi connectivity index (χ1n) is 5.48. The van der Waals surface area contributed by atoms with Gasteiger partial charge in [0.2, 0.25) is 0 Å². The summed E-state index contributed by atoms with van der Waals surface area (Å²) in [4.78, 5) is 26.5. The molecule has 0 saturated heterocycles. The van der Waals surface area contributed by atoms with Gasteiger partial charge in [-0.2, -0.15) is 0 Å². The molecule has 1 aliphatic rings. The first kappa shape index (κ1) is 11.7. The molecule has 2 aromatic heterocycles. The summed E-state index contributed by atoms with van der Waals surface area (Å²) < 4.78 is 0. The monoisotopic (exact) mass is 280 g/mol. The van der Waals surface area contributed by atoms with E-state index < -0.39 is 0 Å². The van der Waals surface area contributed by atoms with Gasteiger partial charge in [0.25, 0.3) is 5.56 Å². The molecule has 0 aliphatic heterocycles. The summed E-state index contributed by atoms with van der Waals surface area (Å²) in [5.74, 6) is 1.22. The number of nitrogens with zero attached hydrogens (tertiary/aromatic N) is 3. The molecule has 2 aromatic rings.